The molecular weight excluding hydrogens is 348 g/mol. The van der Waals surface area contributed by atoms with Gasteiger partial charge in [0.1, 0.15) is 0 Å². The quantitative estimate of drug-likeness (QED) is 0.438. The Kier molecular flexibility index (Phi) is 10.7. The Balaban J connectivity index is 1.92. The van der Waals surface area contributed by atoms with Gasteiger partial charge in [0.25, 0.3) is 0 Å². The van der Waals surface area contributed by atoms with E-state index in [1.165, 1.54) is 122 Å². The molecule has 0 atom stereocenters. The molecule has 0 fully saturated rings. The summed E-state index contributed by atoms with van der Waals surface area (Å²) in [6, 6.07) is 0. The Labute approximate surface area is 180 Å². The van der Waals surface area contributed by atoms with E-state index in [0.29, 0.717) is 0 Å². The van der Waals surface area contributed by atoms with Crippen molar-refractivity contribution in [2.24, 2.45) is 0 Å². The summed E-state index contributed by atoms with van der Waals surface area (Å²) in [5.74, 6) is 0. The Morgan fingerprint density at radius 2 is 0.897 bits per heavy atom. The van der Waals surface area contributed by atoms with Gasteiger partial charge >= 0.3 is 0 Å². The van der Waals surface area contributed by atoms with Crippen molar-refractivity contribution < 1.29 is 0 Å². The van der Waals surface area contributed by atoms with E-state index in [-0.39, 0.29) is 0 Å². The zero-order chi connectivity index (χ0) is 20.0. The van der Waals surface area contributed by atoms with E-state index in [0.717, 1.165) is 0 Å². The van der Waals surface area contributed by atoms with Crippen LogP contribution in [0.25, 0.3) is 0 Å². The monoisotopic (exact) mass is 392 g/mol. The maximum absolute atomic E-state index is 2.63. The van der Waals surface area contributed by atoms with E-state index in [1.54, 1.807) is 22.3 Å². The van der Waals surface area contributed by atoms with Crippen LogP contribution in [0.2, 0.25) is 0 Å². The Bertz CT molecular complexity index is 622. The molecule has 0 heteroatoms. The SMILES string of the molecule is C1=CCCCCCC(C2=CCCCCCCC=C2C2=CCCCCCCCC2)=C1. The lowest BCUT2D eigenvalue weighted by Gasteiger charge is -2.21. The third-order valence-electron chi connectivity index (χ3n) is 6.88. The first-order chi connectivity index (χ1) is 14.4. The molecule has 0 spiro atoms. The Hall–Kier alpha value is -1.30. The molecule has 0 saturated heterocycles. The molecule has 0 aromatic heterocycles. The van der Waals surface area contributed by atoms with Crippen molar-refractivity contribution in [2.45, 2.75) is 122 Å². The van der Waals surface area contributed by atoms with Crippen LogP contribution in [0.3, 0.4) is 0 Å². The predicted molar refractivity (Wildman–Crippen MR) is 129 cm³/mol. The molecule has 0 N–H and O–H groups in total. The van der Waals surface area contributed by atoms with Gasteiger partial charge in [-0.2, -0.15) is 0 Å². The summed E-state index contributed by atoms with van der Waals surface area (Å²) in [6.45, 7) is 0. The van der Waals surface area contributed by atoms with Crippen LogP contribution in [0.15, 0.2) is 58.7 Å². The average Bonchev–Trinajstić information content (AvgIpc) is 2.89. The van der Waals surface area contributed by atoms with Crippen LogP contribution in [0.1, 0.15) is 122 Å². The van der Waals surface area contributed by atoms with Gasteiger partial charge in [0.2, 0.25) is 0 Å². The molecule has 0 unspecified atom stereocenters. The lowest BCUT2D eigenvalue weighted by Crippen LogP contribution is -2.02. The average molecular weight is 393 g/mol. The molecule has 0 aliphatic heterocycles. The minimum Gasteiger partial charge on any atom is -0.0845 e. The molecule has 29 heavy (non-hydrogen) atoms. The molecule has 0 saturated carbocycles. The van der Waals surface area contributed by atoms with Crippen molar-refractivity contribution in [1.82, 2.24) is 0 Å². The molecule has 3 rings (SSSR count). The van der Waals surface area contributed by atoms with Crippen LogP contribution in [0.5, 0.6) is 0 Å². The molecule has 0 aromatic carbocycles. The van der Waals surface area contributed by atoms with E-state index in [1.807, 2.05) is 0 Å². The predicted octanol–water partition coefficient (Wildman–Crippen LogP) is 9.70. The second-order valence-corrected chi connectivity index (χ2v) is 9.34. The van der Waals surface area contributed by atoms with Crippen molar-refractivity contribution in [3.63, 3.8) is 0 Å². The van der Waals surface area contributed by atoms with E-state index >= 15 is 0 Å². The maximum Gasteiger partial charge on any atom is -0.0192 e. The summed E-state index contributed by atoms with van der Waals surface area (Å²) in [5, 5.41) is 0. The van der Waals surface area contributed by atoms with Gasteiger partial charge in [-0.05, 0) is 99.3 Å². The second-order valence-electron chi connectivity index (χ2n) is 9.34. The van der Waals surface area contributed by atoms with Crippen LogP contribution in [0, 0.1) is 0 Å². The lowest BCUT2D eigenvalue weighted by atomic mass is 9.84. The third kappa shape index (κ3) is 8.15. The summed E-state index contributed by atoms with van der Waals surface area (Å²) < 4.78 is 0. The molecule has 0 nitrogen and oxygen atoms in total. The summed E-state index contributed by atoms with van der Waals surface area (Å²) >= 11 is 0. The summed E-state index contributed by atoms with van der Waals surface area (Å²) in [4.78, 5) is 0. The van der Waals surface area contributed by atoms with Crippen molar-refractivity contribution in [1.29, 1.82) is 0 Å². The highest BCUT2D eigenvalue weighted by atomic mass is 14.2. The number of hydrogen-bond donors (Lipinski definition) is 0. The molecule has 0 heterocycles. The van der Waals surface area contributed by atoms with Crippen LogP contribution in [-0.4, -0.2) is 0 Å². The number of rotatable bonds is 2. The minimum atomic E-state index is 1.25. The molecule has 3 aliphatic rings. The minimum absolute atomic E-state index is 1.25. The van der Waals surface area contributed by atoms with Gasteiger partial charge in [-0.1, -0.05) is 81.4 Å². The van der Waals surface area contributed by atoms with E-state index in [9.17, 15) is 0 Å². The Morgan fingerprint density at radius 3 is 1.62 bits per heavy atom. The summed E-state index contributed by atoms with van der Waals surface area (Å²) in [5.41, 5.74) is 6.49. The van der Waals surface area contributed by atoms with Crippen molar-refractivity contribution in [3.05, 3.63) is 58.7 Å². The molecular formula is C29H44. The van der Waals surface area contributed by atoms with E-state index in [2.05, 4.69) is 36.5 Å². The molecule has 160 valence electrons. The van der Waals surface area contributed by atoms with Crippen molar-refractivity contribution in [3.8, 4) is 0 Å². The van der Waals surface area contributed by atoms with Crippen LogP contribution < -0.4 is 0 Å². The first-order valence-electron chi connectivity index (χ1n) is 12.9. The highest BCUT2D eigenvalue weighted by molar-refractivity contribution is 5.56. The van der Waals surface area contributed by atoms with Gasteiger partial charge in [-0.15, -0.1) is 0 Å². The second kappa shape index (κ2) is 13.8. The fraction of sp³-hybridized carbons (Fsp3) is 0.655. The molecule has 3 aliphatic carbocycles. The Morgan fingerprint density at radius 1 is 0.414 bits per heavy atom. The van der Waals surface area contributed by atoms with Gasteiger partial charge in [-0.3, -0.25) is 0 Å². The zero-order valence-corrected chi connectivity index (χ0v) is 18.9. The standard InChI is InChI=1S/C29H44/c1-2-8-14-20-26(21-15-9-3-1)28-24-18-12-6-7-13-19-25-29(28)27-22-16-10-4-5-11-17-23-27/h10,16,20,22,24-25H,1-9,11-15,17-19,21,23H2. The first kappa shape index (κ1) is 22.4. The van der Waals surface area contributed by atoms with Crippen LogP contribution in [-0.2, 0) is 0 Å². The third-order valence-corrected chi connectivity index (χ3v) is 6.88. The fourth-order valence-corrected chi connectivity index (χ4v) is 5.10. The summed E-state index contributed by atoms with van der Waals surface area (Å²) in [7, 11) is 0. The molecule has 0 radical (unpaired) electrons. The van der Waals surface area contributed by atoms with Gasteiger partial charge in [0, 0.05) is 0 Å². The van der Waals surface area contributed by atoms with E-state index < -0.39 is 0 Å². The lowest BCUT2D eigenvalue weighted by molar-refractivity contribution is 0.586. The zero-order valence-electron chi connectivity index (χ0n) is 18.9. The van der Waals surface area contributed by atoms with Crippen molar-refractivity contribution in [2.75, 3.05) is 0 Å². The highest BCUT2D eigenvalue weighted by Crippen LogP contribution is 2.35. The van der Waals surface area contributed by atoms with Gasteiger partial charge in [0.15, 0.2) is 0 Å². The van der Waals surface area contributed by atoms with Crippen LogP contribution in [0.4, 0.5) is 0 Å². The smallest absolute Gasteiger partial charge is 0.0192 e. The largest absolute Gasteiger partial charge is 0.0845 e. The molecule has 0 bridgehead atoms. The van der Waals surface area contributed by atoms with Crippen LogP contribution >= 0.6 is 0 Å². The topological polar surface area (TPSA) is 0 Å². The molecule has 0 aromatic rings. The summed E-state index contributed by atoms with van der Waals surface area (Å²) in [6.07, 6.45) is 40.7. The van der Waals surface area contributed by atoms with Gasteiger partial charge < -0.3 is 0 Å². The normalized spacial score (nSPS) is 24.0. The van der Waals surface area contributed by atoms with Gasteiger partial charge in [-0.25, -0.2) is 0 Å². The maximum atomic E-state index is 2.63. The van der Waals surface area contributed by atoms with E-state index in [4.69, 9.17) is 0 Å². The van der Waals surface area contributed by atoms with Gasteiger partial charge in [0.05, 0.1) is 0 Å². The molecule has 0 amide bonds. The fourth-order valence-electron chi connectivity index (χ4n) is 5.10. The number of hydrogen-bond acceptors (Lipinski definition) is 0. The first-order valence-corrected chi connectivity index (χ1v) is 12.9. The van der Waals surface area contributed by atoms with Crippen molar-refractivity contribution >= 4 is 0 Å². The number of allylic oxidation sites excluding steroid dienone is 10. The highest BCUT2D eigenvalue weighted by Gasteiger charge is 2.16.